The van der Waals surface area contributed by atoms with E-state index in [2.05, 4.69) is 29.4 Å². The van der Waals surface area contributed by atoms with E-state index in [9.17, 15) is 14.9 Å². The van der Waals surface area contributed by atoms with Crippen molar-refractivity contribution in [1.82, 2.24) is 10.3 Å². The van der Waals surface area contributed by atoms with Gasteiger partial charge in [0.1, 0.15) is 5.52 Å². The van der Waals surface area contributed by atoms with Gasteiger partial charge in [0.25, 0.3) is 10.9 Å². The van der Waals surface area contributed by atoms with E-state index in [4.69, 9.17) is 4.42 Å². The van der Waals surface area contributed by atoms with E-state index in [0.29, 0.717) is 16.3 Å². The van der Waals surface area contributed by atoms with E-state index in [-0.39, 0.29) is 23.4 Å². The van der Waals surface area contributed by atoms with Crippen molar-refractivity contribution >= 4 is 34.5 Å². The molecule has 0 radical (unpaired) electrons. The van der Waals surface area contributed by atoms with Crippen LogP contribution in [0.5, 0.6) is 0 Å². The molecule has 1 amide bonds. The topological polar surface area (TPSA) is 98.3 Å². The van der Waals surface area contributed by atoms with Gasteiger partial charge in [-0.05, 0) is 30.5 Å². The van der Waals surface area contributed by atoms with Crippen LogP contribution in [0.1, 0.15) is 31.0 Å². The van der Waals surface area contributed by atoms with Gasteiger partial charge in [0.15, 0.2) is 5.58 Å². The van der Waals surface area contributed by atoms with Crippen LogP contribution in [0.3, 0.4) is 0 Å². The second kappa shape index (κ2) is 8.22. The minimum atomic E-state index is -0.483. The number of thioether (sulfide) groups is 1. The smallest absolute Gasteiger partial charge is 0.271 e. The largest absolute Gasteiger partial charge is 0.431 e. The molecule has 140 valence electrons. The Labute approximate surface area is 160 Å². The van der Waals surface area contributed by atoms with Crippen LogP contribution < -0.4 is 5.32 Å². The molecule has 27 heavy (non-hydrogen) atoms. The van der Waals surface area contributed by atoms with Crippen molar-refractivity contribution in [2.45, 2.75) is 31.5 Å². The number of benzene rings is 2. The quantitative estimate of drug-likeness (QED) is 0.370. The molecule has 1 atom stereocenters. The first-order chi connectivity index (χ1) is 13.0. The van der Waals surface area contributed by atoms with Crippen LogP contribution in [0.25, 0.3) is 11.1 Å². The first-order valence-corrected chi connectivity index (χ1v) is 9.51. The van der Waals surface area contributed by atoms with Crippen LogP contribution in [0, 0.1) is 10.1 Å². The molecule has 8 heteroatoms. The second-order valence-electron chi connectivity index (χ2n) is 6.06. The van der Waals surface area contributed by atoms with Gasteiger partial charge in [0, 0.05) is 12.1 Å². The summed E-state index contributed by atoms with van der Waals surface area (Å²) in [5, 5.41) is 14.1. The highest BCUT2D eigenvalue weighted by molar-refractivity contribution is 7.99. The van der Waals surface area contributed by atoms with E-state index in [1.54, 1.807) is 0 Å². The zero-order valence-electron chi connectivity index (χ0n) is 15.0. The Balaban J connectivity index is 1.58. The van der Waals surface area contributed by atoms with Crippen LogP contribution in [-0.2, 0) is 11.2 Å². The van der Waals surface area contributed by atoms with Gasteiger partial charge in [0.05, 0.1) is 16.7 Å². The van der Waals surface area contributed by atoms with Crippen LogP contribution >= 0.6 is 11.8 Å². The molecule has 0 spiro atoms. The predicted octanol–water partition coefficient (Wildman–Crippen LogP) is 4.27. The second-order valence-corrected chi connectivity index (χ2v) is 6.99. The Morgan fingerprint density at radius 1 is 1.30 bits per heavy atom. The number of amides is 1. The molecule has 1 heterocycles. The summed E-state index contributed by atoms with van der Waals surface area (Å²) in [6.07, 6.45) is 0.977. The van der Waals surface area contributed by atoms with Crippen molar-refractivity contribution in [1.29, 1.82) is 0 Å². The SMILES string of the molecule is CCc1ccc([C@@H](C)NC(=O)CSc2nc3cc([N+](=O)[O-])ccc3o2)cc1. The summed E-state index contributed by atoms with van der Waals surface area (Å²) >= 11 is 1.15. The minimum absolute atomic E-state index is 0.0481. The molecule has 0 bridgehead atoms. The number of hydrogen-bond acceptors (Lipinski definition) is 6. The van der Waals surface area contributed by atoms with E-state index in [1.165, 1.54) is 23.8 Å². The summed E-state index contributed by atoms with van der Waals surface area (Å²) < 4.78 is 5.52. The van der Waals surface area contributed by atoms with Gasteiger partial charge in [-0.1, -0.05) is 43.0 Å². The van der Waals surface area contributed by atoms with Crippen molar-refractivity contribution in [3.05, 3.63) is 63.7 Å². The molecular weight excluding hydrogens is 366 g/mol. The van der Waals surface area contributed by atoms with Gasteiger partial charge < -0.3 is 9.73 Å². The van der Waals surface area contributed by atoms with Crippen LogP contribution in [-0.4, -0.2) is 21.6 Å². The number of aromatic nitrogens is 1. The Bertz CT molecular complexity index is 969. The number of nitro groups is 1. The number of oxazole rings is 1. The van der Waals surface area contributed by atoms with E-state index >= 15 is 0 Å². The fourth-order valence-corrected chi connectivity index (χ4v) is 3.26. The van der Waals surface area contributed by atoms with Crippen LogP contribution in [0.2, 0.25) is 0 Å². The molecule has 0 unspecified atom stereocenters. The lowest BCUT2D eigenvalue weighted by atomic mass is 10.1. The lowest BCUT2D eigenvalue weighted by Crippen LogP contribution is -2.28. The Morgan fingerprint density at radius 2 is 2.04 bits per heavy atom. The number of nitrogens with zero attached hydrogens (tertiary/aromatic N) is 2. The number of carbonyl (C=O) groups is 1. The first-order valence-electron chi connectivity index (χ1n) is 8.52. The van der Waals surface area contributed by atoms with E-state index in [0.717, 1.165) is 23.7 Å². The van der Waals surface area contributed by atoms with Crippen molar-refractivity contribution in [2.24, 2.45) is 0 Å². The molecule has 0 aliphatic heterocycles. The molecule has 0 aliphatic rings. The maximum absolute atomic E-state index is 12.2. The number of aryl methyl sites for hydroxylation is 1. The summed E-state index contributed by atoms with van der Waals surface area (Å²) in [7, 11) is 0. The molecule has 0 fully saturated rings. The number of fused-ring (bicyclic) bond motifs is 1. The van der Waals surface area contributed by atoms with Crippen molar-refractivity contribution < 1.29 is 14.1 Å². The summed E-state index contributed by atoms with van der Waals surface area (Å²) in [5.74, 6) is 0.00653. The normalized spacial score (nSPS) is 12.1. The Hall–Kier alpha value is -2.87. The molecule has 3 rings (SSSR count). The molecule has 0 aliphatic carbocycles. The van der Waals surface area contributed by atoms with Gasteiger partial charge in [-0.3, -0.25) is 14.9 Å². The molecule has 0 saturated carbocycles. The average molecular weight is 385 g/mol. The predicted molar refractivity (Wildman–Crippen MR) is 104 cm³/mol. The first kappa shape index (κ1) is 18.9. The monoisotopic (exact) mass is 385 g/mol. The number of carbonyl (C=O) groups excluding carboxylic acids is 1. The number of hydrogen-bond donors (Lipinski definition) is 1. The zero-order valence-corrected chi connectivity index (χ0v) is 15.8. The van der Waals surface area contributed by atoms with Gasteiger partial charge in [0.2, 0.25) is 5.91 Å². The lowest BCUT2D eigenvalue weighted by Gasteiger charge is -2.14. The fourth-order valence-electron chi connectivity index (χ4n) is 2.61. The summed E-state index contributed by atoms with van der Waals surface area (Å²) in [6, 6.07) is 12.3. The maximum atomic E-state index is 12.2. The van der Waals surface area contributed by atoms with Gasteiger partial charge in [-0.2, -0.15) is 0 Å². The molecule has 1 aromatic heterocycles. The molecule has 7 nitrogen and oxygen atoms in total. The number of rotatable bonds is 7. The lowest BCUT2D eigenvalue weighted by molar-refractivity contribution is -0.384. The van der Waals surface area contributed by atoms with Gasteiger partial charge >= 0.3 is 0 Å². The van der Waals surface area contributed by atoms with Gasteiger partial charge in [-0.15, -0.1) is 0 Å². The maximum Gasteiger partial charge on any atom is 0.271 e. The highest BCUT2D eigenvalue weighted by Gasteiger charge is 2.14. The number of nitro benzene ring substituents is 1. The standard InChI is InChI=1S/C19H19N3O4S/c1-3-13-4-6-14(7-5-13)12(2)20-18(23)11-27-19-21-16-10-15(22(24)25)8-9-17(16)26-19/h4-10,12H,3,11H2,1-2H3,(H,20,23)/t12-/m1/s1. The third-order valence-corrected chi connectivity index (χ3v) is 4.98. The Kier molecular flexibility index (Phi) is 5.75. The van der Waals surface area contributed by atoms with Crippen molar-refractivity contribution in [3.63, 3.8) is 0 Å². The van der Waals surface area contributed by atoms with E-state index < -0.39 is 4.92 Å². The highest BCUT2D eigenvalue weighted by atomic mass is 32.2. The van der Waals surface area contributed by atoms with Crippen LogP contribution in [0.4, 0.5) is 5.69 Å². The average Bonchev–Trinajstić information content (AvgIpc) is 3.08. The number of nitrogens with one attached hydrogen (secondary N) is 1. The third-order valence-electron chi connectivity index (χ3n) is 4.15. The molecule has 3 aromatic rings. The summed E-state index contributed by atoms with van der Waals surface area (Å²) in [6.45, 7) is 4.03. The Morgan fingerprint density at radius 3 is 2.70 bits per heavy atom. The summed E-state index contributed by atoms with van der Waals surface area (Å²) in [5.41, 5.74) is 3.10. The van der Waals surface area contributed by atoms with Gasteiger partial charge in [-0.25, -0.2) is 4.98 Å². The van der Waals surface area contributed by atoms with E-state index in [1.807, 2.05) is 19.1 Å². The molecule has 2 aromatic carbocycles. The molecular formula is C19H19N3O4S. The summed E-state index contributed by atoms with van der Waals surface area (Å²) in [4.78, 5) is 26.7. The zero-order chi connectivity index (χ0) is 19.4. The third kappa shape index (κ3) is 4.65. The highest BCUT2D eigenvalue weighted by Crippen LogP contribution is 2.26. The minimum Gasteiger partial charge on any atom is -0.431 e. The van der Waals surface area contributed by atoms with Crippen molar-refractivity contribution in [3.8, 4) is 0 Å². The fraction of sp³-hybridized carbons (Fsp3) is 0.263. The van der Waals surface area contributed by atoms with Crippen molar-refractivity contribution in [2.75, 3.05) is 5.75 Å². The molecule has 1 N–H and O–H groups in total. The molecule has 0 saturated heterocycles. The number of non-ortho nitro benzene ring substituents is 1. The van der Waals surface area contributed by atoms with Crippen LogP contribution in [0.15, 0.2) is 52.1 Å².